The topological polar surface area (TPSA) is 283 Å². The molecule has 0 bridgehead atoms. The molecule has 1 saturated carbocycles. The summed E-state index contributed by atoms with van der Waals surface area (Å²) in [7, 11) is 0. The summed E-state index contributed by atoms with van der Waals surface area (Å²) in [5.74, 6) is -4.09. The summed E-state index contributed by atoms with van der Waals surface area (Å²) >= 11 is 0. The van der Waals surface area contributed by atoms with Gasteiger partial charge in [0.15, 0.2) is 0 Å². The lowest BCUT2D eigenvalue weighted by Crippen LogP contribution is -2.58. The van der Waals surface area contributed by atoms with Crippen LogP contribution in [0.2, 0.25) is 0 Å². The first-order valence-electron chi connectivity index (χ1n) is 32.4. The average molecular weight is 1240 g/mol. The summed E-state index contributed by atoms with van der Waals surface area (Å²) < 4.78 is 23.2. The monoisotopic (exact) mass is 1230 g/mol. The van der Waals surface area contributed by atoms with E-state index in [1.165, 1.54) is 6.92 Å². The Morgan fingerprint density at radius 2 is 1.13 bits per heavy atom. The Bertz CT molecular complexity index is 2090. The number of carbonyl (C=O) groups is 7. The van der Waals surface area contributed by atoms with Crippen molar-refractivity contribution in [2.24, 2.45) is 46.7 Å². The number of carbonyl (C=O) groups excluding carboxylic acids is 7. The molecule has 0 spiro atoms. The number of rotatable bonds is 36. The molecule has 19 nitrogen and oxygen atoms in total. The van der Waals surface area contributed by atoms with Gasteiger partial charge in [0, 0.05) is 36.8 Å². The predicted octanol–water partition coefficient (Wildman–Crippen LogP) is 9.88. The smallest absolute Gasteiger partial charge is 0.280 e. The molecule has 87 heavy (non-hydrogen) atoms. The van der Waals surface area contributed by atoms with Gasteiger partial charge in [-0.1, -0.05) is 126 Å². The summed E-state index contributed by atoms with van der Waals surface area (Å²) in [5.41, 5.74) is 5.06. The van der Waals surface area contributed by atoms with Gasteiger partial charge < -0.3 is 61.5 Å². The molecule has 9 N–H and O–H groups in total. The van der Waals surface area contributed by atoms with E-state index in [9.17, 15) is 43.8 Å². The summed E-state index contributed by atoms with van der Waals surface area (Å²) in [6.45, 7) is 46.2. The Balaban J connectivity index is 0. The van der Waals surface area contributed by atoms with Crippen LogP contribution < -0.4 is 32.3 Å². The molecule has 1 fully saturated rings. The zero-order chi connectivity index (χ0) is 67.7. The van der Waals surface area contributed by atoms with Crippen LogP contribution in [-0.2, 0) is 52.5 Å². The number of aliphatic hydroxyl groups is 2. The number of amides is 6. The number of primary amides is 1. The van der Waals surface area contributed by atoms with Crippen molar-refractivity contribution in [2.75, 3.05) is 0 Å². The Morgan fingerprint density at radius 3 is 1.57 bits per heavy atom. The Labute approximate surface area is 526 Å². The van der Waals surface area contributed by atoms with Crippen LogP contribution in [-0.4, -0.2) is 136 Å². The molecule has 1 aliphatic rings. The Hall–Kier alpha value is -4.53. The number of hydrogen-bond acceptors (Lipinski definition) is 13. The van der Waals surface area contributed by atoms with Crippen molar-refractivity contribution < 1.29 is 62.7 Å². The van der Waals surface area contributed by atoms with E-state index >= 15 is 0 Å². The number of ether oxygens (including phenoxy) is 4. The SMILES string of the molecule is CC(C)CC(=O)NC(CC(C)C)C(=O)NC(C(=O)NC1CCC(O)C(C(=O)C(C)C)C1)C(C)C.CC(C)OC(C)(OC(C)C)C(=O)NC(CCC(N)=O)C(=O)NC(C)C(C)(C)C.CC(C)OC(C)CC(C/C=C/C=C/C=C/CC(O)C(C)C)OC(C)C. The fourth-order valence-corrected chi connectivity index (χ4v) is 9.32. The maximum absolute atomic E-state index is 13.1. The van der Waals surface area contributed by atoms with E-state index in [0.717, 1.165) is 12.8 Å². The third kappa shape index (κ3) is 39.3. The van der Waals surface area contributed by atoms with Crippen LogP contribution in [0.5, 0.6) is 0 Å². The van der Waals surface area contributed by atoms with E-state index in [-0.39, 0.29) is 126 Å². The highest BCUT2D eigenvalue weighted by molar-refractivity contribution is 5.93. The highest BCUT2D eigenvalue weighted by Gasteiger charge is 2.41. The Kier molecular flexibility index (Phi) is 42.0. The Morgan fingerprint density at radius 1 is 0.598 bits per heavy atom. The predicted molar refractivity (Wildman–Crippen MR) is 349 cm³/mol. The average Bonchev–Trinajstić information content (AvgIpc) is 1.63. The largest absolute Gasteiger partial charge is 0.393 e. The normalized spacial score (nSPS) is 18.4. The maximum Gasteiger partial charge on any atom is 0.280 e. The third-order valence-electron chi connectivity index (χ3n) is 14.3. The molecular weight excluding hydrogens is 1110 g/mol. The second-order valence-electron chi connectivity index (χ2n) is 27.8. The van der Waals surface area contributed by atoms with Gasteiger partial charge in [-0.3, -0.25) is 33.6 Å². The molecule has 0 aromatic heterocycles. The van der Waals surface area contributed by atoms with E-state index in [2.05, 4.69) is 67.3 Å². The van der Waals surface area contributed by atoms with Gasteiger partial charge in [-0.05, 0) is 157 Å². The molecule has 10 atom stereocenters. The van der Waals surface area contributed by atoms with Gasteiger partial charge in [0.25, 0.3) is 5.91 Å². The second kappa shape index (κ2) is 43.2. The minimum Gasteiger partial charge on any atom is -0.393 e. The lowest BCUT2D eigenvalue weighted by molar-refractivity contribution is -0.247. The summed E-state index contributed by atoms with van der Waals surface area (Å²) in [5, 5.41) is 34.2. The lowest BCUT2D eigenvalue weighted by Gasteiger charge is -2.35. The van der Waals surface area contributed by atoms with Gasteiger partial charge in [0.2, 0.25) is 35.3 Å². The van der Waals surface area contributed by atoms with Gasteiger partial charge in [-0.2, -0.15) is 0 Å². The van der Waals surface area contributed by atoms with Crippen LogP contribution in [0.3, 0.4) is 0 Å². The maximum atomic E-state index is 13.1. The van der Waals surface area contributed by atoms with Crippen molar-refractivity contribution in [2.45, 2.75) is 315 Å². The van der Waals surface area contributed by atoms with Gasteiger partial charge in [0.05, 0.1) is 48.8 Å². The van der Waals surface area contributed by atoms with Crippen LogP contribution >= 0.6 is 0 Å². The van der Waals surface area contributed by atoms with E-state index in [4.69, 9.17) is 24.7 Å². The highest BCUT2D eigenvalue weighted by Crippen LogP contribution is 2.28. The van der Waals surface area contributed by atoms with E-state index < -0.39 is 47.7 Å². The molecule has 1 aliphatic carbocycles. The lowest BCUT2D eigenvalue weighted by atomic mass is 9.78. The molecule has 0 heterocycles. The summed E-state index contributed by atoms with van der Waals surface area (Å²) in [4.78, 5) is 87.9. The second-order valence-corrected chi connectivity index (χ2v) is 27.8. The molecule has 0 radical (unpaired) electrons. The number of aliphatic hydroxyl groups excluding tert-OH is 2. The third-order valence-corrected chi connectivity index (χ3v) is 14.3. The van der Waals surface area contributed by atoms with Crippen molar-refractivity contribution in [3.8, 4) is 0 Å². The van der Waals surface area contributed by atoms with E-state index in [0.29, 0.717) is 44.4 Å². The molecule has 0 aromatic carbocycles. The van der Waals surface area contributed by atoms with E-state index in [1.54, 1.807) is 27.7 Å². The van der Waals surface area contributed by atoms with E-state index in [1.807, 2.05) is 127 Å². The van der Waals surface area contributed by atoms with Crippen LogP contribution in [0.15, 0.2) is 36.5 Å². The molecule has 506 valence electrons. The number of Topliss-reactive ketones (excluding diaryl/α,β-unsaturated/α-hetero) is 1. The van der Waals surface area contributed by atoms with Crippen molar-refractivity contribution >= 4 is 41.2 Å². The standard InChI is InChI=1S/C26H47N3O5.C22H40O3.C20H39N3O5/c1-14(2)11-20(28-22(31)12-15(3)4)25(33)29-23(16(5)6)26(34)27-18-9-10-21(30)19(13-18)24(32)17(7)8;1-17(2)22(23)15-13-11-9-8-10-12-14-21(25-19(5)6)16-20(7)24-18(3)4;1-12(2)27-20(9,28-13(3)4)18(26)23-15(10-11-16(21)24)17(25)22-14(5)19(6,7)8/h14-21,23,30H,9-13H2,1-8H3,(H,27,34)(H,28,31)(H,29,33);8-13,17-23H,14-16H2,1-7H3;12-15H,10-11H2,1-9H3,(H2,21,24)(H,22,25)(H,23,26)/b;9-8+,12-10+,13-11+;. The number of nitrogens with two attached hydrogens (primary N) is 1. The first-order chi connectivity index (χ1) is 40.0. The number of hydrogen-bond donors (Lipinski definition) is 8. The summed E-state index contributed by atoms with van der Waals surface area (Å²) in [6.07, 6.45) is 16.3. The quantitative estimate of drug-likeness (QED) is 0.0214. The van der Waals surface area contributed by atoms with Crippen molar-refractivity contribution in [1.82, 2.24) is 26.6 Å². The van der Waals surface area contributed by atoms with Crippen LogP contribution in [0.4, 0.5) is 0 Å². The van der Waals surface area contributed by atoms with Gasteiger partial charge in [-0.25, -0.2) is 0 Å². The number of nitrogens with one attached hydrogen (secondary N) is 5. The van der Waals surface area contributed by atoms with Crippen LogP contribution in [0, 0.1) is 40.9 Å². The molecule has 1 rings (SSSR count). The molecule has 0 aliphatic heterocycles. The van der Waals surface area contributed by atoms with Crippen molar-refractivity contribution in [3.05, 3.63) is 36.5 Å². The molecule has 6 amide bonds. The van der Waals surface area contributed by atoms with Gasteiger partial charge in [-0.15, -0.1) is 0 Å². The number of allylic oxidation sites excluding steroid dienone is 4. The molecule has 0 aromatic rings. The summed E-state index contributed by atoms with van der Waals surface area (Å²) in [6, 6.07) is -2.79. The fourth-order valence-electron chi connectivity index (χ4n) is 9.32. The first kappa shape index (κ1) is 84.5. The van der Waals surface area contributed by atoms with Crippen molar-refractivity contribution in [1.29, 1.82) is 0 Å². The number of ketones is 1. The molecule has 10 unspecified atom stereocenters. The van der Waals surface area contributed by atoms with Gasteiger partial charge >= 0.3 is 0 Å². The first-order valence-corrected chi connectivity index (χ1v) is 32.4. The van der Waals surface area contributed by atoms with Crippen LogP contribution in [0.1, 0.15) is 230 Å². The zero-order valence-electron chi connectivity index (χ0n) is 58.5. The zero-order valence-corrected chi connectivity index (χ0v) is 58.5. The fraction of sp³-hybridized carbons (Fsp3) is 0.809. The van der Waals surface area contributed by atoms with Gasteiger partial charge in [0.1, 0.15) is 23.9 Å². The molecule has 0 saturated heterocycles. The van der Waals surface area contributed by atoms with Crippen molar-refractivity contribution in [3.63, 3.8) is 0 Å². The highest BCUT2D eigenvalue weighted by atomic mass is 16.7. The minimum absolute atomic E-state index is 0.00817. The molecule has 19 heteroatoms. The molecular formula is C68H126N6O13. The van der Waals surface area contributed by atoms with Crippen LogP contribution in [0.25, 0.3) is 0 Å². The minimum atomic E-state index is -1.57.